The molecule has 0 bridgehead atoms. The molecule has 1 aromatic carbocycles. The van der Waals surface area contributed by atoms with E-state index < -0.39 is 11.6 Å². The summed E-state index contributed by atoms with van der Waals surface area (Å²) in [7, 11) is 1.75. The number of rotatable bonds is 6. The van der Waals surface area contributed by atoms with Crippen molar-refractivity contribution in [3.05, 3.63) is 70.9 Å². The first-order chi connectivity index (χ1) is 16.2. The number of hydrogen-bond acceptors (Lipinski definition) is 6. The smallest absolute Gasteiger partial charge is 0.436 e. The Morgan fingerprint density at radius 1 is 1.09 bits per heavy atom. The lowest BCUT2D eigenvalue weighted by atomic mass is 9.94. The van der Waals surface area contributed by atoms with Crippen LogP contribution in [0.5, 0.6) is 0 Å². The van der Waals surface area contributed by atoms with Gasteiger partial charge in [0.15, 0.2) is 5.82 Å². The Morgan fingerprint density at radius 3 is 2.47 bits per heavy atom. The van der Waals surface area contributed by atoms with Crippen LogP contribution in [0, 0.1) is 0 Å². The van der Waals surface area contributed by atoms with Crippen LogP contribution in [0.15, 0.2) is 54.7 Å². The maximum Gasteiger partial charge on any atom is 0.436 e. The van der Waals surface area contributed by atoms with Crippen LogP contribution < -0.4 is 10.6 Å². The number of anilines is 1. The zero-order valence-corrected chi connectivity index (χ0v) is 20.1. The molecule has 176 valence electrons. The first kappa shape index (κ1) is 23.2. The van der Waals surface area contributed by atoms with Gasteiger partial charge in [-0.25, -0.2) is 4.79 Å². The zero-order valence-electron chi connectivity index (χ0n) is 19.3. The van der Waals surface area contributed by atoms with Crippen molar-refractivity contribution in [2.45, 2.75) is 26.3 Å². The molecule has 0 aliphatic heterocycles. The number of carbonyl (C=O) groups is 3. The summed E-state index contributed by atoms with van der Waals surface area (Å²) < 4.78 is 7.85. The maximum atomic E-state index is 13.1. The van der Waals surface area contributed by atoms with Crippen molar-refractivity contribution < 1.29 is 19.1 Å². The fourth-order valence-corrected chi connectivity index (χ4v) is 4.56. The quantitative estimate of drug-likeness (QED) is 0.427. The summed E-state index contributed by atoms with van der Waals surface area (Å²) in [5, 5.41) is 10.5. The van der Waals surface area contributed by atoms with Crippen LogP contribution in [0.4, 0.5) is 10.6 Å². The monoisotopic (exact) mass is 479 g/mol. The van der Waals surface area contributed by atoms with Crippen LogP contribution in [0.1, 0.15) is 46.5 Å². The van der Waals surface area contributed by atoms with Crippen molar-refractivity contribution in [2.24, 2.45) is 7.05 Å². The summed E-state index contributed by atoms with van der Waals surface area (Å²) in [6, 6.07) is 14.7. The first-order valence-corrected chi connectivity index (χ1v) is 11.5. The number of hydrogen-bond donors (Lipinski definition) is 2. The molecule has 0 aliphatic rings. The highest BCUT2D eigenvalue weighted by atomic mass is 32.1. The third kappa shape index (κ3) is 4.44. The predicted octanol–water partition coefficient (Wildman–Crippen LogP) is 4.36. The molecule has 0 spiro atoms. The molecule has 0 radical (unpaired) electrons. The molecule has 0 saturated carbocycles. The Labute approximate surface area is 200 Å². The van der Waals surface area contributed by atoms with Crippen LogP contribution >= 0.6 is 11.3 Å². The van der Waals surface area contributed by atoms with Crippen LogP contribution in [0.25, 0.3) is 10.2 Å². The molecule has 0 saturated heterocycles. The van der Waals surface area contributed by atoms with Gasteiger partial charge in [-0.05, 0) is 44.5 Å². The molecular formula is C24H25N5O4S. The molecule has 4 aromatic rings. The summed E-state index contributed by atoms with van der Waals surface area (Å²) in [5.41, 5.74) is 0.764. The van der Waals surface area contributed by atoms with Crippen molar-refractivity contribution in [2.75, 3.05) is 11.9 Å². The van der Waals surface area contributed by atoms with Crippen LogP contribution in [-0.4, -0.2) is 38.9 Å². The maximum absolute atomic E-state index is 13.1. The lowest BCUT2D eigenvalue weighted by Gasteiger charge is -2.26. The normalized spacial score (nSPS) is 11.4. The lowest BCUT2D eigenvalue weighted by molar-refractivity contribution is 0.0915. The molecule has 10 heteroatoms. The van der Waals surface area contributed by atoms with Gasteiger partial charge < -0.3 is 19.9 Å². The SMILES string of the molecule is CCOC(=O)n1nc(NC(=O)c2cccn2C)c2cc(C(=O)NC(C)(C)c3ccccc3)sc21. The van der Waals surface area contributed by atoms with Gasteiger partial charge in [0.05, 0.1) is 22.4 Å². The Morgan fingerprint density at radius 2 is 1.82 bits per heavy atom. The fraction of sp³-hybridized carbons (Fsp3) is 0.250. The van der Waals surface area contributed by atoms with E-state index in [2.05, 4.69) is 15.7 Å². The summed E-state index contributed by atoms with van der Waals surface area (Å²) in [6.45, 7) is 5.68. The van der Waals surface area contributed by atoms with Crippen molar-refractivity contribution in [1.82, 2.24) is 19.7 Å². The second kappa shape index (κ2) is 9.14. The number of benzene rings is 1. The summed E-state index contributed by atoms with van der Waals surface area (Å²) >= 11 is 1.10. The highest BCUT2D eigenvalue weighted by molar-refractivity contribution is 7.20. The van der Waals surface area contributed by atoms with E-state index in [9.17, 15) is 14.4 Å². The van der Waals surface area contributed by atoms with Gasteiger partial charge in [-0.15, -0.1) is 16.4 Å². The third-order valence-corrected chi connectivity index (χ3v) is 6.46. The molecular weight excluding hydrogens is 454 g/mol. The minimum atomic E-state index is -0.690. The largest absolute Gasteiger partial charge is 0.448 e. The number of aromatic nitrogens is 3. The number of thiophene rings is 1. The predicted molar refractivity (Wildman–Crippen MR) is 130 cm³/mol. The number of carbonyl (C=O) groups excluding carboxylic acids is 3. The van der Waals surface area contributed by atoms with Crippen LogP contribution in [0.2, 0.25) is 0 Å². The van der Waals surface area contributed by atoms with Crippen LogP contribution in [-0.2, 0) is 17.3 Å². The molecule has 3 heterocycles. The number of nitrogens with zero attached hydrogens (tertiary/aromatic N) is 3. The lowest BCUT2D eigenvalue weighted by Crippen LogP contribution is -2.40. The van der Waals surface area contributed by atoms with Crippen molar-refractivity contribution in [3.63, 3.8) is 0 Å². The molecule has 4 rings (SSSR count). The van der Waals surface area contributed by atoms with Gasteiger partial charge in [0, 0.05) is 13.2 Å². The van der Waals surface area contributed by atoms with E-state index in [1.807, 2.05) is 44.2 Å². The molecule has 0 unspecified atom stereocenters. The van der Waals surface area contributed by atoms with Gasteiger partial charge in [-0.1, -0.05) is 30.3 Å². The van der Waals surface area contributed by atoms with E-state index in [4.69, 9.17) is 4.74 Å². The average Bonchev–Trinajstić information content (AvgIpc) is 3.50. The topological polar surface area (TPSA) is 107 Å². The molecule has 0 aliphatic carbocycles. The van der Waals surface area contributed by atoms with E-state index >= 15 is 0 Å². The summed E-state index contributed by atoms with van der Waals surface area (Å²) in [6.07, 6.45) is 1.06. The van der Waals surface area contributed by atoms with E-state index in [1.165, 1.54) is 0 Å². The average molecular weight is 480 g/mol. The molecule has 9 nitrogen and oxygen atoms in total. The Hall–Kier alpha value is -3.92. The van der Waals surface area contributed by atoms with Gasteiger partial charge in [-0.2, -0.15) is 4.68 Å². The number of nitrogens with one attached hydrogen (secondary N) is 2. The van der Waals surface area contributed by atoms with Crippen molar-refractivity contribution in [3.8, 4) is 0 Å². The van der Waals surface area contributed by atoms with E-state index in [-0.39, 0.29) is 24.2 Å². The second-order valence-corrected chi connectivity index (χ2v) is 9.22. The van der Waals surface area contributed by atoms with Gasteiger partial charge >= 0.3 is 6.09 Å². The summed E-state index contributed by atoms with van der Waals surface area (Å²) in [4.78, 5) is 39.2. The molecule has 0 fully saturated rings. The molecule has 2 N–H and O–H groups in total. The minimum Gasteiger partial charge on any atom is -0.448 e. The highest BCUT2D eigenvalue weighted by Crippen LogP contribution is 2.33. The van der Waals surface area contributed by atoms with Crippen molar-refractivity contribution >= 4 is 45.3 Å². The molecule has 3 aromatic heterocycles. The highest BCUT2D eigenvalue weighted by Gasteiger charge is 2.27. The Balaban J connectivity index is 1.68. The van der Waals surface area contributed by atoms with Gasteiger partial charge in [0.2, 0.25) is 0 Å². The van der Waals surface area contributed by atoms with E-state index in [0.29, 0.717) is 20.8 Å². The fourth-order valence-electron chi connectivity index (χ4n) is 3.56. The molecule has 34 heavy (non-hydrogen) atoms. The zero-order chi connectivity index (χ0) is 24.5. The molecule has 0 atom stereocenters. The van der Waals surface area contributed by atoms with Crippen molar-refractivity contribution in [1.29, 1.82) is 0 Å². The summed E-state index contributed by atoms with van der Waals surface area (Å²) in [5.74, 6) is -0.512. The second-order valence-electron chi connectivity index (χ2n) is 8.19. The van der Waals surface area contributed by atoms with Gasteiger partial charge in [0.1, 0.15) is 10.5 Å². The minimum absolute atomic E-state index is 0.162. The standard InChI is InChI=1S/C24H25N5O4S/c1-5-33-23(32)29-22-16(19(27-29)25-20(30)17-12-9-13-28(17)4)14-18(34-22)21(31)26-24(2,3)15-10-7-6-8-11-15/h6-14H,5H2,1-4H3,(H,26,31)(H,25,27,30). The number of ether oxygens (including phenoxy) is 1. The van der Waals surface area contributed by atoms with Gasteiger partial charge in [-0.3, -0.25) is 9.59 Å². The Bertz CT molecular complexity index is 1370. The molecule has 2 amide bonds. The number of aryl methyl sites for hydroxylation is 1. The number of amides is 2. The van der Waals surface area contributed by atoms with Crippen LogP contribution in [0.3, 0.4) is 0 Å². The van der Waals surface area contributed by atoms with E-state index in [0.717, 1.165) is 21.6 Å². The number of fused-ring (bicyclic) bond motifs is 1. The van der Waals surface area contributed by atoms with Gasteiger partial charge in [0.25, 0.3) is 11.8 Å². The Kier molecular flexibility index (Phi) is 6.25. The third-order valence-electron chi connectivity index (χ3n) is 5.35. The first-order valence-electron chi connectivity index (χ1n) is 10.7. The van der Waals surface area contributed by atoms with E-state index in [1.54, 1.807) is 42.9 Å².